The summed E-state index contributed by atoms with van der Waals surface area (Å²) in [7, 11) is 1.58. The molecule has 8 N–H and O–H groups in total. The summed E-state index contributed by atoms with van der Waals surface area (Å²) in [5.74, 6) is -4.65. The lowest BCUT2D eigenvalue weighted by Gasteiger charge is -2.20. The third kappa shape index (κ3) is 57.8. The van der Waals surface area contributed by atoms with Crippen LogP contribution in [-0.2, 0) is 143 Å². The van der Waals surface area contributed by atoms with E-state index in [1.807, 2.05) is 0 Å². The SMILES string of the molecule is COCCOCCOCCCC(=O)C(Cc1ccc(OCC(=O)O)cc1)NC(=O)CCOCCOCCOCCONC(=O)C(Cc1ccc(OCC(=O)O)cc1)NC(=O)CCOCCOCCOCCONC(=O)C(Cc1ccc(OCC(=O)OC(C)(C)C)cc1)NC(=O)CCOCCOCCOCCOCCNC(=O)OC(C)(C)C. The van der Waals surface area contributed by atoms with Crippen LogP contribution in [0.3, 0.4) is 0 Å². The molecule has 0 saturated heterocycles. The highest BCUT2D eigenvalue weighted by molar-refractivity contribution is 5.90. The predicted molar refractivity (Wildman–Crippen MR) is 416 cm³/mol. The molecule has 3 aromatic rings. The molecule has 0 aromatic heterocycles. The van der Waals surface area contributed by atoms with Gasteiger partial charge in [-0.15, -0.1) is 0 Å². The van der Waals surface area contributed by atoms with Crippen molar-refractivity contribution in [3.05, 3.63) is 89.5 Å². The average molecular weight is 1670 g/mol. The molecular weight excluding hydrogens is 1540 g/mol. The summed E-state index contributed by atoms with van der Waals surface area (Å²) in [6.07, 6.45) is 0.145. The molecule has 660 valence electrons. The van der Waals surface area contributed by atoms with Gasteiger partial charge in [-0.3, -0.25) is 38.4 Å². The van der Waals surface area contributed by atoms with E-state index in [9.17, 15) is 47.9 Å². The van der Waals surface area contributed by atoms with Crippen LogP contribution in [0.15, 0.2) is 72.8 Å². The number of hydrogen-bond acceptors (Lipinski definition) is 30. The topological polar surface area (TPSA) is 468 Å². The highest BCUT2D eigenvalue weighted by Crippen LogP contribution is 2.19. The van der Waals surface area contributed by atoms with Crippen LogP contribution in [0.25, 0.3) is 0 Å². The Bertz CT molecular complexity index is 3230. The number of esters is 1. The summed E-state index contributed by atoms with van der Waals surface area (Å²) < 4.78 is 97.9. The van der Waals surface area contributed by atoms with Gasteiger partial charge in [0.25, 0.3) is 11.8 Å². The Balaban J connectivity index is 1.33. The highest BCUT2D eigenvalue weighted by atomic mass is 16.7. The average Bonchev–Trinajstić information content (AvgIpc) is 0.883. The minimum atomic E-state index is -1.16. The van der Waals surface area contributed by atoms with Crippen LogP contribution in [0.5, 0.6) is 17.2 Å². The van der Waals surface area contributed by atoms with Crippen molar-refractivity contribution in [2.24, 2.45) is 0 Å². The molecule has 0 bridgehead atoms. The number of aliphatic carboxylic acids is 2. The van der Waals surface area contributed by atoms with Crippen LogP contribution in [0.4, 0.5) is 4.79 Å². The van der Waals surface area contributed by atoms with Gasteiger partial charge in [-0.05, 0) is 107 Å². The molecule has 0 aliphatic heterocycles. The van der Waals surface area contributed by atoms with E-state index < -0.39 is 96.1 Å². The van der Waals surface area contributed by atoms with E-state index in [0.717, 1.165) is 5.56 Å². The van der Waals surface area contributed by atoms with E-state index in [2.05, 4.69) is 32.2 Å². The Morgan fingerprint density at radius 1 is 0.342 bits per heavy atom. The second-order valence-corrected chi connectivity index (χ2v) is 27.4. The third-order valence-corrected chi connectivity index (χ3v) is 15.1. The number of ether oxygens (including phenoxy) is 18. The summed E-state index contributed by atoms with van der Waals surface area (Å²) in [6.45, 7) is 15.0. The number of carbonyl (C=O) groups excluding carboxylic acids is 8. The van der Waals surface area contributed by atoms with Crippen molar-refractivity contribution in [2.45, 2.75) is 122 Å². The van der Waals surface area contributed by atoms with Gasteiger partial charge in [-0.1, -0.05) is 36.4 Å². The number of carboxylic acid groups (broad SMARTS) is 2. The van der Waals surface area contributed by atoms with Crippen molar-refractivity contribution >= 4 is 59.3 Å². The number of methoxy groups -OCH3 is 1. The standard InChI is InChI=1S/C79H122N6O32/c1-78(2,3)116-74(94)58-113-64-20-14-61(15-21-64)55-67(83-71(89)23-28-101-35-39-105-43-44-108-42-37-103-30-25-80-77(97)117-79(4,5)6)76(96)85-115-52-50-110-48-46-107-41-36-102-29-24-70(88)82-66(54-60-12-18-63(19-13-60)112-57-73(92)93)75(95)84-114-51-49-109-47-45-106-40-34-100-27-22-69(87)81-65(53-59-10-16-62(17-11-59)111-56-72(90)91)68(86)9-8-26-99-33-38-104-32-31-98-7/h10-21,65-67H,8-9,22-58H2,1-7H3,(H,80,97)(H,81,87)(H,82,88)(H,83,89)(H,84,95)(H,85,96)(H,90,91)(H,92,93). The Kier molecular flexibility index (Phi) is 56.2. The van der Waals surface area contributed by atoms with Crippen LogP contribution in [0.2, 0.25) is 0 Å². The fourth-order valence-electron chi connectivity index (χ4n) is 9.59. The Morgan fingerprint density at radius 2 is 0.641 bits per heavy atom. The van der Waals surface area contributed by atoms with E-state index in [1.54, 1.807) is 109 Å². The molecule has 0 fully saturated rings. The molecule has 6 amide bonds. The number of nitrogens with one attached hydrogen (secondary N) is 6. The number of ketones is 1. The van der Waals surface area contributed by atoms with E-state index in [-0.39, 0.29) is 175 Å². The zero-order chi connectivity index (χ0) is 85.4. The van der Waals surface area contributed by atoms with Gasteiger partial charge in [-0.25, -0.2) is 30.1 Å². The lowest BCUT2D eigenvalue weighted by molar-refractivity contribution is -0.157. The number of carboxylic acids is 2. The first-order chi connectivity index (χ1) is 56.3. The van der Waals surface area contributed by atoms with E-state index >= 15 is 0 Å². The normalized spacial score (nSPS) is 12.2. The molecule has 38 heteroatoms. The lowest BCUT2D eigenvalue weighted by atomic mass is 9.99. The maximum Gasteiger partial charge on any atom is 0.407 e. The first-order valence-corrected chi connectivity index (χ1v) is 38.7. The van der Waals surface area contributed by atoms with E-state index in [0.29, 0.717) is 102 Å². The van der Waals surface area contributed by atoms with Gasteiger partial charge >= 0.3 is 24.0 Å². The lowest BCUT2D eigenvalue weighted by Crippen LogP contribution is -2.48. The summed E-state index contributed by atoms with van der Waals surface area (Å²) in [5.41, 5.74) is 5.44. The summed E-state index contributed by atoms with van der Waals surface area (Å²) in [4.78, 5) is 136. The van der Waals surface area contributed by atoms with Gasteiger partial charge < -0.3 is 117 Å². The van der Waals surface area contributed by atoms with Crippen molar-refractivity contribution in [3.63, 3.8) is 0 Å². The quantitative estimate of drug-likeness (QED) is 0.0229. The predicted octanol–water partition coefficient (Wildman–Crippen LogP) is 2.80. The Hall–Kier alpha value is -8.84. The number of benzene rings is 3. The number of hydroxylamine groups is 2. The minimum Gasteiger partial charge on any atom is -0.482 e. The van der Waals surface area contributed by atoms with Crippen molar-refractivity contribution in [1.82, 2.24) is 32.2 Å². The van der Waals surface area contributed by atoms with Crippen molar-refractivity contribution in [3.8, 4) is 17.2 Å². The largest absolute Gasteiger partial charge is 0.482 e. The molecule has 0 saturated carbocycles. The molecule has 0 heterocycles. The molecule has 3 unspecified atom stereocenters. The molecule has 0 spiro atoms. The summed E-state index contributed by atoms with van der Waals surface area (Å²) in [5, 5.41) is 28.8. The number of rotatable bonds is 72. The van der Waals surface area contributed by atoms with Gasteiger partial charge in [0, 0.05) is 58.8 Å². The van der Waals surface area contributed by atoms with E-state index in [1.165, 1.54) is 12.1 Å². The van der Waals surface area contributed by atoms with Gasteiger partial charge in [-0.2, -0.15) is 0 Å². The van der Waals surface area contributed by atoms with Gasteiger partial charge in [0.1, 0.15) is 40.5 Å². The monoisotopic (exact) mass is 1670 g/mol. The maximum absolute atomic E-state index is 13.4. The molecule has 3 atom stereocenters. The van der Waals surface area contributed by atoms with E-state index in [4.69, 9.17) is 105 Å². The minimum absolute atomic E-state index is 0.0112. The summed E-state index contributed by atoms with van der Waals surface area (Å²) >= 11 is 0. The fraction of sp³-hybridized carbons (Fsp3) is 0.646. The third-order valence-electron chi connectivity index (χ3n) is 15.1. The number of hydrogen-bond donors (Lipinski definition) is 8. The molecule has 3 rings (SSSR count). The second-order valence-electron chi connectivity index (χ2n) is 27.4. The van der Waals surface area contributed by atoms with Crippen molar-refractivity contribution in [2.75, 3.05) is 212 Å². The molecule has 3 aromatic carbocycles. The van der Waals surface area contributed by atoms with Gasteiger partial charge in [0.15, 0.2) is 25.6 Å². The highest BCUT2D eigenvalue weighted by Gasteiger charge is 2.26. The Labute approximate surface area is 682 Å². The van der Waals surface area contributed by atoms with Crippen molar-refractivity contribution < 1.29 is 153 Å². The van der Waals surface area contributed by atoms with Crippen LogP contribution < -0.4 is 46.4 Å². The zero-order valence-electron chi connectivity index (χ0n) is 68.4. The number of carbonyl (C=O) groups is 10. The molecule has 117 heavy (non-hydrogen) atoms. The maximum atomic E-state index is 13.4. The number of alkyl carbamates (subject to hydrolysis) is 1. The van der Waals surface area contributed by atoms with Gasteiger partial charge in [0.2, 0.25) is 17.7 Å². The number of Topliss-reactive ketones (excluding diaryl/α,β-unsaturated/α-hetero) is 1. The van der Waals surface area contributed by atoms with Gasteiger partial charge in [0.05, 0.1) is 178 Å². The van der Waals surface area contributed by atoms with Crippen LogP contribution in [-0.4, -0.2) is 311 Å². The van der Waals surface area contributed by atoms with Crippen LogP contribution in [0, 0.1) is 0 Å². The smallest absolute Gasteiger partial charge is 0.407 e. The van der Waals surface area contributed by atoms with Crippen molar-refractivity contribution in [1.29, 1.82) is 0 Å². The Morgan fingerprint density at radius 3 is 0.983 bits per heavy atom. The second kappa shape index (κ2) is 64.2. The molecular formula is C79H122N6O32. The fourth-order valence-corrected chi connectivity index (χ4v) is 9.59. The molecule has 38 nitrogen and oxygen atoms in total. The molecule has 0 radical (unpaired) electrons. The first-order valence-electron chi connectivity index (χ1n) is 38.7. The molecule has 0 aliphatic rings. The van der Waals surface area contributed by atoms with Crippen LogP contribution >= 0.6 is 0 Å². The zero-order valence-corrected chi connectivity index (χ0v) is 68.4. The first kappa shape index (κ1) is 102. The van der Waals surface area contributed by atoms with Crippen LogP contribution in [0.1, 0.15) is 90.3 Å². The summed E-state index contributed by atoms with van der Waals surface area (Å²) in [6, 6.07) is 16.5. The molecule has 0 aliphatic carbocycles. The number of amides is 6.